The summed E-state index contributed by atoms with van der Waals surface area (Å²) in [5.74, 6) is -1.17. The van der Waals surface area contributed by atoms with E-state index in [1.807, 2.05) is 0 Å². The zero-order valence-corrected chi connectivity index (χ0v) is 16.3. The van der Waals surface area contributed by atoms with Gasteiger partial charge in [0.05, 0.1) is 4.90 Å². The first kappa shape index (κ1) is 21.5. The highest BCUT2D eigenvalue weighted by Crippen LogP contribution is 2.11. The van der Waals surface area contributed by atoms with Gasteiger partial charge in [0.15, 0.2) is 0 Å². The molecule has 0 spiro atoms. The van der Waals surface area contributed by atoms with Crippen LogP contribution in [0.2, 0.25) is 0 Å². The number of anilines is 1. The third-order valence-corrected chi connectivity index (χ3v) is 5.24. The molecule has 0 aliphatic carbocycles. The molecule has 3 N–H and O–H groups in total. The normalized spacial score (nSPS) is 11.3. The number of carbonyl (C=O) groups excluding carboxylic acids is 2. The quantitative estimate of drug-likeness (QED) is 0.583. The van der Waals surface area contributed by atoms with E-state index in [0.717, 1.165) is 24.3 Å². The summed E-state index contributed by atoms with van der Waals surface area (Å²) in [6.07, 6.45) is 0. The highest BCUT2D eigenvalue weighted by atomic mass is 32.2. The van der Waals surface area contributed by atoms with Gasteiger partial charge >= 0.3 is 0 Å². The average molecular weight is 407 g/mol. The zero-order valence-electron chi connectivity index (χ0n) is 15.5. The van der Waals surface area contributed by atoms with Gasteiger partial charge < -0.3 is 10.6 Å². The van der Waals surface area contributed by atoms with Gasteiger partial charge in [-0.15, -0.1) is 0 Å². The SMILES string of the molecule is CC(C)C(=O)Nc1ccc(C(=O)NCCNS(=O)(=O)c2ccc(F)cc2)cc1. The van der Waals surface area contributed by atoms with E-state index < -0.39 is 15.8 Å². The van der Waals surface area contributed by atoms with Gasteiger partial charge in [0.2, 0.25) is 15.9 Å². The van der Waals surface area contributed by atoms with Crippen molar-refractivity contribution in [2.24, 2.45) is 5.92 Å². The van der Waals surface area contributed by atoms with Crippen molar-refractivity contribution in [1.29, 1.82) is 0 Å². The maximum Gasteiger partial charge on any atom is 0.251 e. The number of carbonyl (C=O) groups is 2. The summed E-state index contributed by atoms with van der Waals surface area (Å²) in [5, 5.41) is 5.32. The fourth-order valence-electron chi connectivity index (χ4n) is 2.15. The van der Waals surface area contributed by atoms with E-state index in [9.17, 15) is 22.4 Å². The molecule has 150 valence electrons. The van der Waals surface area contributed by atoms with Gasteiger partial charge in [0.25, 0.3) is 5.91 Å². The molecule has 0 aromatic heterocycles. The van der Waals surface area contributed by atoms with Gasteiger partial charge in [-0.05, 0) is 48.5 Å². The molecule has 0 fully saturated rings. The van der Waals surface area contributed by atoms with Crippen LogP contribution in [-0.2, 0) is 14.8 Å². The van der Waals surface area contributed by atoms with Crippen LogP contribution in [0.3, 0.4) is 0 Å². The molecule has 0 unspecified atom stereocenters. The highest BCUT2D eigenvalue weighted by Gasteiger charge is 2.13. The van der Waals surface area contributed by atoms with Crippen LogP contribution < -0.4 is 15.4 Å². The standard InChI is InChI=1S/C19H22FN3O4S/c1-13(2)18(24)23-16-7-3-14(4-8-16)19(25)21-11-12-22-28(26,27)17-9-5-15(20)6-10-17/h3-10,13,22H,11-12H2,1-2H3,(H,21,25)(H,23,24). The lowest BCUT2D eigenvalue weighted by Crippen LogP contribution is -2.34. The summed E-state index contributed by atoms with van der Waals surface area (Å²) in [5.41, 5.74) is 0.964. The number of amides is 2. The Labute approximate surface area is 163 Å². The molecule has 7 nitrogen and oxygen atoms in total. The maximum absolute atomic E-state index is 12.9. The smallest absolute Gasteiger partial charge is 0.251 e. The van der Waals surface area contributed by atoms with Crippen molar-refractivity contribution in [1.82, 2.24) is 10.0 Å². The van der Waals surface area contributed by atoms with Crippen LogP contribution in [0, 0.1) is 11.7 Å². The molecule has 0 heterocycles. The molecule has 0 radical (unpaired) electrons. The van der Waals surface area contributed by atoms with Gasteiger partial charge in [0, 0.05) is 30.3 Å². The van der Waals surface area contributed by atoms with Gasteiger partial charge in [-0.1, -0.05) is 13.8 Å². The number of nitrogens with one attached hydrogen (secondary N) is 3. The minimum absolute atomic E-state index is 0.0199. The van der Waals surface area contributed by atoms with Crippen molar-refractivity contribution in [3.63, 3.8) is 0 Å². The molecule has 2 rings (SSSR count). The number of hydrogen-bond donors (Lipinski definition) is 3. The summed E-state index contributed by atoms with van der Waals surface area (Å²) in [6.45, 7) is 3.61. The van der Waals surface area contributed by atoms with E-state index in [1.54, 1.807) is 38.1 Å². The van der Waals surface area contributed by atoms with Gasteiger partial charge in [-0.25, -0.2) is 17.5 Å². The molecular weight excluding hydrogens is 385 g/mol. The first-order valence-electron chi connectivity index (χ1n) is 8.63. The lowest BCUT2D eigenvalue weighted by atomic mass is 10.1. The van der Waals surface area contributed by atoms with Gasteiger partial charge in [0.1, 0.15) is 5.82 Å². The number of benzene rings is 2. The van der Waals surface area contributed by atoms with Crippen LogP contribution in [0.15, 0.2) is 53.4 Å². The maximum atomic E-state index is 12.9. The molecule has 28 heavy (non-hydrogen) atoms. The largest absolute Gasteiger partial charge is 0.351 e. The summed E-state index contributed by atoms with van der Waals surface area (Å²) >= 11 is 0. The molecule has 0 bridgehead atoms. The Morgan fingerprint density at radius 1 is 0.964 bits per heavy atom. The van der Waals surface area contributed by atoms with E-state index in [1.165, 1.54) is 0 Å². The molecule has 2 aromatic carbocycles. The van der Waals surface area contributed by atoms with E-state index in [4.69, 9.17) is 0 Å². The second kappa shape index (κ2) is 9.43. The highest BCUT2D eigenvalue weighted by molar-refractivity contribution is 7.89. The number of sulfonamides is 1. The van der Waals surface area contributed by atoms with Crippen molar-refractivity contribution in [3.8, 4) is 0 Å². The molecule has 0 saturated carbocycles. The molecule has 0 atom stereocenters. The fourth-order valence-corrected chi connectivity index (χ4v) is 3.18. The lowest BCUT2D eigenvalue weighted by molar-refractivity contribution is -0.118. The number of halogens is 1. The Kier molecular flexibility index (Phi) is 7.24. The topological polar surface area (TPSA) is 104 Å². The second-order valence-electron chi connectivity index (χ2n) is 6.33. The Hall–Kier alpha value is -2.78. The molecule has 0 saturated heterocycles. The van der Waals surface area contributed by atoms with Crippen molar-refractivity contribution in [2.75, 3.05) is 18.4 Å². The van der Waals surface area contributed by atoms with Crippen molar-refractivity contribution < 1.29 is 22.4 Å². The van der Waals surface area contributed by atoms with E-state index >= 15 is 0 Å². The summed E-state index contributed by atoms with van der Waals surface area (Å²) in [4.78, 5) is 23.7. The van der Waals surface area contributed by atoms with E-state index in [-0.39, 0.29) is 35.7 Å². The molecular formula is C19H22FN3O4S. The van der Waals surface area contributed by atoms with Crippen molar-refractivity contribution in [2.45, 2.75) is 18.7 Å². The van der Waals surface area contributed by atoms with Gasteiger partial charge in [-0.2, -0.15) is 0 Å². The van der Waals surface area contributed by atoms with Crippen LogP contribution in [0.25, 0.3) is 0 Å². The molecule has 2 aromatic rings. The molecule has 0 aliphatic heterocycles. The first-order chi connectivity index (χ1) is 13.2. The van der Waals surface area contributed by atoms with E-state index in [2.05, 4.69) is 15.4 Å². The van der Waals surface area contributed by atoms with Crippen LogP contribution in [0.1, 0.15) is 24.2 Å². The average Bonchev–Trinajstić information content (AvgIpc) is 2.66. The van der Waals surface area contributed by atoms with E-state index in [0.29, 0.717) is 11.3 Å². The first-order valence-corrected chi connectivity index (χ1v) is 10.1. The van der Waals surface area contributed by atoms with Gasteiger partial charge in [-0.3, -0.25) is 9.59 Å². The summed E-state index contributed by atoms with van der Waals surface area (Å²) < 4.78 is 39.3. The summed E-state index contributed by atoms with van der Waals surface area (Å²) in [6, 6.07) is 10.8. The Bertz CT molecular complexity index is 927. The van der Waals surface area contributed by atoms with Crippen molar-refractivity contribution >= 4 is 27.5 Å². The minimum Gasteiger partial charge on any atom is -0.351 e. The second-order valence-corrected chi connectivity index (χ2v) is 8.10. The minimum atomic E-state index is -3.77. The van der Waals surface area contributed by atoms with Crippen molar-refractivity contribution in [3.05, 3.63) is 59.9 Å². The Morgan fingerprint density at radius 2 is 1.57 bits per heavy atom. The lowest BCUT2D eigenvalue weighted by Gasteiger charge is -2.10. The molecule has 2 amide bonds. The predicted molar refractivity (Wildman–Crippen MR) is 104 cm³/mol. The Balaban J connectivity index is 1.82. The summed E-state index contributed by atoms with van der Waals surface area (Å²) in [7, 11) is -3.77. The van der Waals surface area contributed by atoms with Crippen LogP contribution in [0.5, 0.6) is 0 Å². The number of hydrogen-bond acceptors (Lipinski definition) is 4. The third kappa shape index (κ3) is 6.14. The fraction of sp³-hybridized carbons (Fsp3) is 0.263. The van der Waals surface area contributed by atoms with Crippen LogP contribution >= 0.6 is 0 Å². The number of rotatable bonds is 8. The molecule has 0 aliphatic rings. The Morgan fingerprint density at radius 3 is 2.14 bits per heavy atom. The predicted octanol–water partition coefficient (Wildman–Crippen LogP) is 2.13. The monoisotopic (exact) mass is 407 g/mol. The third-order valence-electron chi connectivity index (χ3n) is 3.77. The van der Waals surface area contributed by atoms with Crippen LogP contribution in [0.4, 0.5) is 10.1 Å². The molecule has 9 heteroatoms. The zero-order chi connectivity index (χ0) is 20.7. The van der Waals surface area contributed by atoms with Crippen LogP contribution in [-0.4, -0.2) is 33.3 Å².